The van der Waals surface area contributed by atoms with Crippen LogP contribution >= 0.6 is 11.3 Å². The highest BCUT2D eigenvalue weighted by molar-refractivity contribution is 7.14. The molecule has 0 aliphatic carbocycles. The Labute approximate surface area is 141 Å². The second-order valence-corrected chi connectivity index (χ2v) is 5.29. The average Bonchev–Trinajstić information content (AvgIpc) is 3.01. The molecule has 0 aliphatic rings. The van der Waals surface area contributed by atoms with Crippen LogP contribution in [-0.2, 0) is 9.59 Å². The van der Waals surface area contributed by atoms with E-state index in [-0.39, 0.29) is 17.4 Å². The maximum atomic E-state index is 12.0. The number of hydrogen-bond donors (Lipinski definition) is 2. The summed E-state index contributed by atoms with van der Waals surface area (Å²) in [5.41, 5.74) is 0.495. The topological polar surface area (TPSA) is 107 Å². The van der Waals surface area contributed by atoms with Gasteiger partial charge in [0, 0.05) is 6.42 Å². The van der Waals surface area contributed by atoms with Crippen LogP contribution < -0.4 is 20.1 Å². The van der Waals surface area contributed by atoms with E-state index in [1.165, 1.54) is 12.5 Å². The summed E-state index contributed by atoms with van der Waals surface area (Å²) in [5.74, 6) is -1.15. The third kappa shape index (κ3) is 4.53. The minimum Gasteiger partial charge on any atom is -0.495 e. The molecule has 0 bridgehead atoms. The summed E-state index contributed by atoms with van der Waals surface area (Å²) >= 11 is 1.06. The number of ketones is 1. The zero-order valence-electron chi connectivity index (χ0n) is 13.0. The summed E-state index contributed by atoms with van der Waals surface area (Å²) in [5, 5.41) is 6.75. The zero-order valence-corrected chi connectivity index (χ0v) is 13.8. The van der Waals surface area contributed by atoms with E-state index >= 15 is 0 Å². The van der Waals surface area contributed by atoms with E-state index in [0.29, 0.717) is 11.4 Å². The number of rotatable bonds is 6. The van der Waals surface area contributed by atoms with Gasteiger partial charge >= 0.3 is 12.0 Å². The van der Waals surface area contributed by atoms with E-state index < -0.39 is 17.8 Å². The van der Waals surface area contributed by atoms with E-state index in [9.17, 15) is 14.4 Å². The molecule has 0 radical (unpaired) electrons. The van der Waals surface area contributed by atoms with Gasteiger partial charge in [-0.15, -0.1) is 11.3 Å². The molecule has 0 spiro atoms. The van der Waals surface area contributed by atoms with Crippen LogP contribution in [0.2, 0.25) is 0 Å². The molecule has 0 saturated carbocycles. The van der Waals surface area contributed by atoms with Crippen LogP contribution in [0.3, 0.4) is 0 Å². The Bertz CT molecular complexity index is 759. The fourth-order valence-electron chi connectivity index (χ4n) is 1.66. The average molecular weight is 349 g/mol. The minimum absolute atomic E-state index is 0.0422. The maximum absolute atomic E-state index is 12.0. The number of anilines is 2. The van der Waals surface area contributed by atoms with Gasteiger partial charge in [0.1, 0.15) is 5.75 Å². The molecule has 0 atom stereocenters. The minimum atomic E-state index is -0.979. The van der Waals surface area contributed by atoms with Crippen molar-refractivity contribution in [3.63, 3.8) is 0 Å². The molecule has 1 aromatic heterocycles. The Morgan fingerprint density at radius 3 is 2.67 bits per heavy atom. The third-order valence-corrected chi connectivity index (χ3v) is 3.54. The molecule has 0 unspecified atom stereocenters. The smallest absolute Gasteiger partial charge is 0.381 e. The quantitative estimate of drug-likeness (QED) is 0.613. The first-order valence-corrected chi connectivity index (χ1v) is 7.83. The monoisotopic (exact) mass is 349 g/mol. The van der Waals surface area contributed by atoms with Crippen molar-refractivity contribution in [3.8, 4) is 11.6 Å². The number of aromatic nitrogens is 1. The van der Waals surface area contributed by atoms with Gasteiger partial charge in [0.15, 0.2) is 5.13 Å². The molecule has 8 nitrogen and oxygen atoms in total. The highest BCUT2D eigenvalue weighted by Crippen LogP contribution is 2.24. The number of nitrogens with zero attached hydrogens (tertiary/aromatic N) is 1. The van der Waals surface area contributed by atoms with Gasteiger partial charge < -0.3 is 14.8 Å². The van der Waals surface area contributed by atoms with E-state index in [1.807, 2.05) is 0 Å². The Balaban J connectivity index is 1.95. The predicted molar refractivity (Wildman–Crippen MR) is 88.7 cm³/mol. The van der Waals surface area contributed by atoms with Crippen LogP contribution in [0.4, 0.5) is 15.6 Å². The van der Waals surface area contributed by atoms with E-state index in [0.717, 1.165) is 11.3 Å². The number of carbonyl (C=O) groups excluding carboxylic acids is 3. The Kier molecular flexibility index (Phi) is 5.85. The normalized spacial score (nSPS) is 9.92. The molecule has 1 heterocycles. The van der Waals surface area contributed by atoms with Crippen molar-refractivity contribution in [2.24, 2.45) is 0 Å². The number of amides is 2. The molecule has 0 saturated heterocycles. The summed E-state index contributed by atoms with van der Waals surface area (Å²) in [6.45, 7) is 1.56. The third-order valence-electron chi connectivity index (χ3n) is 2.80. The van der Waals surface area contributed by atoms with E-state index in [2.05, 4.69) is 15.6 Å². The van der Waals surface area contributed by atoms with Crippen molar-refractivity contribution in [2.75, 3.05) is 17.7 Å². The lowest BCUT2D eigenvalue weighted by molar-refractivity contribution is -0.147. The number of carbonyl (C=O) groups is 3. The summed E-state index contributed by atoms with van der Waals surface area (Å²) in [6.07, 6.45) is 0.0510. The van der Waals surface area contributed by atoms with Crippen molar-refractivity contribution in [1.29, 1.82) is 0 Å². The molecular formula is C15H15N3O5S. The molecular weight excluding hydrogens is 334 g/mol. The molecule has 2 aromatic rings. The number of hydrogen-bond acceptors (Lipinski definition) is 7. The van der Waals surface area contributed by atoms with Crippen molar-refractivity contribution >= 4 is 39.9 Å². The first-order valence-electron chi connectivity index (χ1n) is 6.95. The van der Waals surface area contributed by atoms with Crippen LogP contribution in [0, 0.1) is 0 Å². The van der Waals surface area contributed by atoms with Gasteiger partial charge in [-0.05, 0) is 12.1 Å². The van der Waals surface area contributed by atoms with Gasteiger partial charge in [-0.3, -0.25) is 10.1 Å². The van der Waals surface area contributed by atoms with Gasteiger partial charge in [-0.1, -0.05) is 19.1 Å². The molecule has 2 amide bonds. The lowest BCUT2D eigenvalue weighted by atomic mass is 10.3. The number of para-hydroxylation sites is 2. The Hall–Kier alpha value is -2.94. The van der Waals surface area contributed by atoms with E-state index in [4.69, 9.17) is 9.47 Å². The van der Waals surface area contributed by atoms with E-state index in [1.54, 1.807) is 31.2 Å². The Morgan fingerprint density at radius 2 is 1.96 bits per heavy atom. The van der Waals surface area contributed by atoms with Gasteiger partial charge in [0.05, 0.1) is 18.2 Å². The molecule has 0 aliphatic heterocycles. The second kappa shape index (κ2) is 8.06. The van der Waals surface area contributed by atoms with Crippen LogP contribution in [0.1, 0.15) is 13.3 Å². The predicted octanol–water partition coefficient (Wildman–Crippen LogP) is 2.68. The number of urea groups is 1. The molecule has 24 heavy (non-hydrogen) atoms. The fraction of sp³-hybridized carbons (Fsp3) is 0.200. The number of ether oxygens (including phenoxy) is 2. The number of methoxy groups -OCH3 is 1. The highest BCUT2D eigenvalue weighted by Gasteiger charge is 2.16. The van der Waals surface area contributed by atoms with Gasteiger partial charge in [0.2, 0.25) is 11.7 Å². The number of nitrogens with one attached hydrogen (secondary N) is 2. The largest absolute Gasteiger partial charge is 0.495 e. The van der Waals surface area contributed by atoms with Crippen molar-refractivity contribution in [1.82, 2.24) is 4.98 Å². The van der Waals surface area contributed by atoms with Crippen LogP contribution in [0.25, 0.3) is 0 Å². The van der Waals surface area contributed by atoms with Gasteiger partial charge in [-0.2, -0.15) is 4.98 Å². The summed E-state index contributed by atoms with van der Waals surface area (Å²) in [7, 11) is 1.50. The fourth-order valence-corrected chi connectivity index (χ4v) is 2.27. The van der Waals surface area contributed by atoms with Crippen molar-refractivity contribution < 1.29 is 23.9 Å². The highest BCUT2D eigenvalue weighted by atomic mass is 32.1. The zero-order chi connectivity index (χ0) is 17.5. The number of thiazole rings is 1. The summed E-state index contributed by atoms with van der Waals surface area (Å²) in [6, 6.07) is 6.40. The lowest BCUT2D eigenvalue weighted by Gasteiger charge is -2.09. The maximum Gasteiger partial charge on any atom is 0.381 e. The lowest BCUT2D eigenvalue weighted by Crippen LogP contribution is -2.20. The molecule has 2 rings (SSSR count). The first-order chi connectivity index (χ1) is 11.5. The van der Waals surface area contributed by atoms with Crippen LogP contribution in [0.5, 0.6) is 11.6 Å². The number of esters is 1. The molecule has 2 N–H and O–H groups in total. The van der Waals surface area contributed by atoms with Crippen molar-refractivity contribution in [3.05, 3.63) is 29.6 Å². The van der Waals surface area contributed by atoms with Crippen molar-refractivity contribution in [2.45, 2.75) is 13.3 Å². The first kappa shape index (κ1) is 17.4. The molecule has 0 fully saturated rings. The summed E-state index contributed by atoms with van der Waals surface area (Å²) < 4.78 is 9.94. The van der Waals surface area contributed by atoms with Crippen LogP contribution in [0.15, 0.2) is 29.6 Å². The molecule has 126 valence electrons. The number of Topliss-reactive ketones (excluding diaryl/α,β-unsaturated/α-hetero) is 1. The van der Waals surface area contributed by atoms with Gasteiger partial charge in [-0.25, -0.2) is 9.59 Å². The Morgan fingerprint density at radius 1 is 1.21 bits per heavy atom. The van der Waals surface area contributed by atoms with Crippen LogP contribution in [-0.4, -0.2) is 29.9 Å². The number of benzene rings is 1. The summed E-state index contributed by atoms with van der Waals surface area (Å²) in [4.78, 5) is 38.4. The standard InChI is InChI=1S/C15H15N3O5S/c1-3-10(19)13(20)23-12-8-24-15(17-12)18-14(21)16-9-6-4-5-7-11(9)22-2/h4-8H,3H2,1-2H3,(H2,16,17,18,21). The second-order valence-electron chi connectivity index (χ2n) is 4.44. The molecule has 9 heteroatoms. The molecule has 1 aromatic carbocycles. The van der Waals surface area contributed by atoms with Gasteiger partial charge in [0.25, 0.3) is 0 Å². The SMILES string of the molecule is CCC(=O)C(=O)Oc1csc(NC(=O)Nc2ccccc2OC)n1.